The number of amides is 1. The van der Waals surface area contributed by atoms with Gasteiger partial charge in [-0.2, -0.15) is 5.10 Å². The maximum atomic E-state index is 12.7. The molecule has 0 saturated carbocycles. The molecule has 2 aromatic carbocycles. The molecule has 0 aliphatic carbocycles. The summed E-state index contributed by atoms with van der Waals surface area (Å²) in [6.45, 7) is 0.444. The summed E-state index contributed by atoms with van der Waals surface area (Å²) in [6.07, 6.45) is 3.68. The minimum atomic E-state index is -0.126. The number of carbonyl (C=O) groups is 1. The molecule has 0 spiro atoms. The molecule has 0 N–H and O–H groups in total. The fraction of sp³-hybridized carbons (Fsp3) is 0.130. The summed E-state index contributed by atoms with van der Waals surface area (Å²) in [5, 5.41) is 4.78. The van der Waals surface area contributed by atoms with Crippen LogP contribution in [-0.2, 0) is 11.3 Å². The minimum Gasteiger partial charge on any atom is -0.467 e. The van der Waals surface area contributed by atoms with Crippen molar-refractivity contribution < 1.29 is 9.21 Å². The SMILES string of the molecule is O=C1CSC(c2cn(-c3ccccc3)nc2-c2ccc(Br)cc2)N1Cc1ccco1. The van der Waals surface area contributed by atoms with Gasteiger partial charge in [0.1, 0.15) is 11.1 Å². The second-order valence-corrected chi connectivity index (χ2v) is 8.97. The van der Waals surface area contributed by atoms with Crippen LogP contribution >= 0.6 is 27.7 Å². The summed E-state index contributed by atoms with van der Waals surface area (Å²) in [5.74, 6) is 1.33. The quantitative estimate of drug-likeness (QED) is 0.370. The summed E-state index contributed by atoms with van der Waals surface area (Å²) in [5.41, 5.74) is 3.89. The Bertz CT molecular complexity index is 1160. The van der Waals surface area contributed by atoms with Gasteiger partial charge in [-0.15, -0.1) is 11.8 Å². The number of aromatic nitrogens is 2. The fourth-order valence-corrected chi connectivity index (χ4v) is 5.02. The Balaban J connectivity index is 1.59. The van der Waals surface area contributed by atoms with Gasteiger partial charge in [0.25, 0.3) is 0 Å². The molecule has 4 aromatic rings. The maximum absolute atomic E-state index is 12.7. The van der Waals surface area contributed by atoms with Crippen LogP contribution in [0.4, 0.5) is 0 Å². The van der Waals surface area contributed by atoms with E-state index in [0.29, 0.717) is 12.3 Å². The zero-order chi connectivity index (χ0) is 20.5. The lowest BCUT2D eigenvalue weighted by atomic mass is 10.1. The molecule has 1 fully saturated rings. The average molecular weight is 480 g/mol. The predicted molar refractivity (Wildman–Crippen MR) is 121 cm³/mol. The van der Waals surface area contributed by atoms with E-state index in [2.05, 4.69) is 15.9 Å². The number of nitrogens with zero attached hydrogens (tertiary/aromatic N) is 3. The molecule has 1 saturated heterocycles. The molecule has 1 aliphatic heterocycles. The zero-order valence-corrected chi connectivity index (χ0v) is 18.3. The van der Waals surface area contributed by atoms with E-state index in [4.69, 9.17) is 9.52 Å². The molecule has 5 rings (SSSR count). The van der Waals surface area contributed by atoms with Crippen molar-refractivity contribution in [3.05, 3.63) is 95.0 Å². The van der Waals surface area contributed by atoms with Crippen LogP contribution in [-0.4, -0.2) is 26.3 Å². The third-order valence-corrected chi connectivity index (χ3v) is 6.79. The Hall–Kier alpha value is -2.77. The van der Waals surface area contributed by atoms with Gasteiger partial charge >= 0.3 is 0 Å². The Morgan fingerprint density at radius 1 is 1.07 bits per heavy atom. The van der Waals surface area contributed by atoms with Crippen molar-refractivity contribution in [2.24, 2.45) is 0 Å². The summed E-state index contributed by atoms with van der Waals surface area (Å²) >= 11 is 5.13. The van der Waals surface area contributed by atoms with Gasteiger partial charge in [-0.1, -0.05) is 46.3 Å². The first-order valence-electron chi connectivity index (χ1n) is 9.53. The van der Waals surface area contributed by atoms with Gasteiger partial charge in [0.15, 0.2) is 0 Å². The monoisotopic (exact) mass is 479 g/mol. The van der Waals surface area contributed by atoms with Gasteiger partial charge in [-0.3, -0.25) is 4.79 Å². The number of hydrogen-bond acceptors (Lipinski definition) is 4. The highest BCUT2D eigenvalue weighted by atomic mass is 79.9. The molecule has 150 valence electrons. The number of thioether (sulfide) groups is 1. The molecular weight excluding hydrogens is 462 g/mol. The lowest BCUT2D eigenvalue weighted by molar-refractivity contribution is -0.128. The van der Waals surface area contributed by atoms with Crippen LogP contribution in [0.3, 0.4) is 0 Å². The topological polar surface area (TPSA) is 51.3 Å². The lowest BCUT2D eigenvalue weighted by Gasteiger charge is -2.23. The second-order valence-electron chi connectivity index (χ2n) is 6.98. The summed E-state index contributed by atoms with van der Waals surface area (Å²) < 4.78 is 8.41. The highest BCUT2D eigenvalue weighted by Gasteiger charge is 2.36. The number of furan rings is 1. The summed E-state index contributed by atoms with van der Waals surface area (Å²) in [6, 6.07) is 21.9. The van der Waals surface area contributed by atoms with Crippen molar-refractivity contribution in [3.63, 3.8) is 0 Å². The first kappa shape index (κ1) is 19.2. The van der Waals surface area contributed by atoms with Crippen molar-refractivity contribution >= 4 is 33.6 Å². The minimum absolute atomic E-state index is 0.107. The van der Waals surface area contributed by atoms with Gasteiger partial charge < -0.3 is 9.32 Å². The molecular formula is C23H18BrN3O2S. The van der Waals surface area contributed by atoms with Crippen LogP contribution in [0.25, 0.3) is 16.9 Å². The lowest BCUT2D eigenvalue weighted by Crippen LogP contribution is -2.27. The number of halogens is 1. The predicted octanol–water partition coefficient (Wildman–Crippen LogP) is 5.67. The highest BCUT2D eigenvalue weighted by Crippen LogP contribution is 2.43. The zero-order valence-electron chi connectivity index (χ0n) is 15.9. The van der Waals surface area contributed by atoms with Crippen molar-refractivity contribution in [1.82, 2.24) is 14.7 Å². The Labute approximate surface area is 186 Å². The largest absolute Gasteiger partial charge is 0.467 e. The molecule has 1 atom stereocenters. The van der Waals surface area contributed by atoms with E-state index in [9.17, 15) is 4.79 Å². The number of rotatable bonds is 5. The molecule has 5 nitrogen and oxygen atoms in total. The van der Waals surface area contributed by atoms with E-state index >= 15 is 0 Å². The van der Waals surface area contributed by atoms with Crippen LogP contribution in [0, 0.1) is 0 Å². The standard InChI is InChI=1S/C23H18BrN3O2S/c24-17-10-8-16(9-11-17)22-20(14-27(25-22)18-5-2-1-3-6-18)23-26(21(28)15-30-23)13-19-7-4-12-29-19/h1-12,14,23H,13,15H2. The first-order chi connectivity index (χ1) is 14.7. The van der Waals surface area contributed by atoms with E-state index in [0.717, 1.165) is 32.7 Å². The van der Waals surface area contributed by atoms with Crippen LogP contribution in [0.15, 0.2) is 88.1 Å². The summed E-state index contributed by atoms with van der Waals surface area (Å²) in [4.78, 5) is 14.6. The number of benzene rings is 2. The smallest absolute Gasteiger partial charge is 0.234 e. The van der Waals surface area contributed by atoms with Gasteiger partial charge in [0.2, 0.25) is 5.91 Å². The maximum Gasteiger partial charge on any atom is 0.234 e. The fourth-order valence-electron chi connectivity index (χ4n) is 3.57. The molecule has 3 heterocycles. The Kier molecular flexibility index (Phi) is 5.23. The van der Waals surface area contributed by atoms with Crippen molar-refractivity contribution in [1.29, 1.82) is 0 Å². The van der Waals surface area contributed by atoms with Gasteiger partial charge in [0.05, 0.1) is 29.9 Å². The van der Waals surface area contributed by atoms with Crippen molar-refractivity contribution in [3.8, 4) is 16.9 Å². The van der Waals surface area contributed by atoms with E-state index in [1.807, 2.05) is 82.5 Å². The summed E-state index contributed by atoms with van der Waals surface area (Å²) in [7, 11) is 0. The van der Waals surface area contributed by atoms with Gasteiger partial charge in [-0.25, -0.2) is 4.68 Å². The average Bonchev–Trinajstić information content (AvgIpc) is 3.51. The number of hydrogen-bond donors (Lipinski definition) is 0. The van der Waals surface area contributed by atoms with Crippen molar-refractivity contribution in [2.75, 3.05) is 5.75 Å². The molecule has 30 heavy (non-hydrogen) atoms. The Morgan fingerprint density at radius 2 is 1.87 bits per heavy atom. The third kappa shape index (κ3) is 3.70. The van der Waals surface area contributed by atoms with Crippen LogP contribution in [0.2, 0.25) is 0 Å². The molecule has 0 bridgehead atoms. The molecule has 0 radical (unpaired) electrons. The van der Waals surface area contributed by atoms with Crippen molar-refractivity contribution in [2.45, 2.75) is 11.9 Å². The van der Waals surface area contributed by atoms with Gasteiger partial charge in [-0.05, 0) is 36.4 Å². The van der Waals surface area contributed by atoms with E-state index in [1.54, 1.807) is 18.0 Å². The number of para-hydroxylation sites is 1. The highest BCUT2D eigenvalue weighted by molar-refractivity contribution is 9.10. The van der Waals surface area contributed by atoms with E-state index in [1.165, 1.54) is 0 Å². The van der Waals surface area contributed by atoms with Crippen LogP contribution < -0.4 is 0 Å². The van der Waals surface area contributed by atoms with Crippen LogP contribution in [0.1, 0.15) is 16.7 Å². The van der Waals surface area contributed by atoms with Crippen LogP contribution in [0.5, 0.6) is 0 Å². The molecule has 7 heteroatoms. The first-order valence-corrected chi connectivity index (χ1v) is 11.4. The molecule has 1 amide bonds. The normalized spacial score (nSPS) is 16.4. The van der Waals surface area contributed by atoms with Gasteiger partial charge in [0, 0.05) is 21.8 Å². The number of carbonyl (C=O) groups excluding carboxylic acids is 1. The van der Waals surface area contributed by atoms with E-state index < -0.39 is 0 Å². The Morgan fingerprint density at radius 3 is 2.60 bits per heavy atom. The van der Waals surface area contributed by atoms with E-state index in [-0.39, 0.29) is 11.3 Å². The molecule has 1 unspecified atom stereocenters. The second kappa shape index (κ2) is 8.16. The molecule has 1 aliphatic rings. The molecule has 2 aromatic heterocycles. The third-order valence-electron chi connectivity index (χ3n) is 5.02.